The van der Waals surface area contributed by atoms with Crippen molar-refractivity contribution in [2.75, 3.05) is 5.32 Å². The van der Waals surface area contributed by atoms with E-state index in [-0.39, 0.29) is 11.8 Å². The first-order valence-corrected chi connectivity index (χ1v) is 8.80. The van der Waals surface area contributed by atoms with Crippen LogP contribution in [-0.4, -0.2) is 35.5 Å². The van der Waals surface area contributed by atoms with Crippen molar-refractivity contribution >= 4 is 29.0 Å². The summed E-state index contributed by atoms with van der Waals surface area (Å²) in [5.74, 6) is 1.07. The van der Waals surface area contributed by atoms with Gasteiger partial charge in [0.25, 0.3) is 0 Å². The third-order valence-corrected chi connectivity index (χ3v) is 4.99. The highest BCUT2D eigenvalue weighted by Crippen LogP contribution is 2.40. The second-order valence-corrected chi connectivity index (χ2v) is 6.88. The van der Waals surface area contributed by atoms with Crippen molar-refractivity contribution in [2.45, 2.75) is 19.3 Å². The van der Waals surface area contributed by atoms with E-state index in [2.05, 4.69) is 25.7 Å². The molecule has 1 amide bonds. The molecule has 1 aliphatic heterocycles. The Morgan fingerprint density at radius 3 is 2.78 bits per heavy atom. The Morgan fingerprint density at radius 2 is 1.96 bits per heavy atom. The summed E-state index contributed by atoms with van der Waals surface area (Å²) in [5.41, 5.74) is 3.50. The number of carbonyl (C=O) groups is 1. The van der Waals surface area contributed by atoms with Crippen molar-refractivity contribution in [1.82, 2.24) is 29.6 Å². The van der Waals surface area contributed by atoms with Gasteiger partial charge in [0, 0.05) is 22.9 Å². The molecule has 9 heteroatoms. The van der Waals surface area contributed by atoms with Crippen molar-refractivity contribution in [3.8, 4) is 5.82 Å². The molecule has 0 fully saturated rings. The molecule has 0 unspecified atom stereocenters. The smallest absolute Gasteiger partial charge is 0.226 e. The molecule has 1 aromatic carbocycles. The largest absolute Gasteiger partial charge is 0.310 e. The van der Waals surface area contributed by atoms with Gasteiger partial charge in [0.05, 0.1) is 5.69 Å². The van der Waals surface area contributed by atoms with Crippen molar-refractivity contribution < 1.29 is 4.79 Å². The minimum absolute atomic E-state index is 0.0611. The number of carbonyl (C=O) groups excluding carboxylic acids is 1. The van der Waals surface area contributed by atoms with Gasteiger partial charge in [0.2, 0.25) is 5.91 Å². The summed E-state index contributed by atoms with van der Waals surface area (Å²) >= 11 is 6.02. The monoisotopic (exact) mass is 379 g/mol. The van der Waals surface area contributed by atoms with Gasteiger partial charge >= 0.3 is 0 Å². The summed E-state index contributed by atoms with van der Waals surface area (Å²) in [6.45, 7) is 1.94. The molecule has 0 bridgehead atoms. The van der Waals surface area contributed by atoms with E-state index in [1.54, 1.807) is 21.3 Å². The Morgan fingerprint density at radius 1 is 1.15 bits per heavy atom. The second-order valence-electron chi connectivity index (χ2n) is 6.44. The molecule has 0 radical (unpaired) electrons. The second kappa shape index (κ2) is 5.88. The van der Waals surface area contributed by atoms with Gasteiger partial charge in [0.15, 0.2) is 11.5 Å². The number of aryl methyl sites for hydroxylation is 1. The van der Waals surface area contributed by atoms with Crippen LogP contribution in [0.15, 0.2) is 42.7 Å². The summed E-state index contributed by atoms with van der Waals surface area (Å²) in [7, 11) is 0. The van der Waals surface area contributed by atoms with E-state index >= 15 is 0 Å². The Hall–Kier alpha value is -3.26. The molecule has 0 saturated heterocycles. The summed E-state index contributed by atoms with van der Waals surface area (Å²) in [4.78, 5) is 12.4. The van der Waals surface area contributed by atoms with Crippen LogP contribution in [0.25, 0.3) is 11.5 Å². The molecule has 1 atom stereocenters. The number of hydrogen-bond donors (Lipinski definition) is 1. The predicted molar refractivity (Wildman–Crippen MR) is 99.2 cm³/mol. The Labute approximate surface area is 158 Å². The highest BCUT2D eigenvalue weighted by molar-refractivity contribution is 6.30. The molecule has 8 nitrogen and oxygen atoms in total. The molecule has 134 valence electrons. The molecule has 1 aliphatic rings. The van der Waals surface area contributed by atoms with Crippen LogP contribution in [0.3, 0.4) is 0 Å². The lowest BCUT2D eigenvalue weighted by Crippen LogP contribution is -2.25. The average Bonchev–Trinajstić information content (AvgIpc) is 3.25. The Bertz CT molecular complexity index is 1180. The number of anilines is 1. The highest BCUT2D eigenvalue weighted by atomic mass is 35.5. The molecule has 1 N–H and O–H groups in total. The molecular weight excluding hydrogens is 366 g/mol. The van der Waals surface area contributed by atoms with Crippen molar-refractivity contribution in [2.24, 2.45) is 0 Å². The fraction of sp³-hybridized carbons (Fsp3) is 0.167. The number of benzene rings is 1. The number of halogens is 1. The minimum Gasteiger partial charge on any atom is -0.310 e. The van der Waals surface area contributed by atoms with Gasteiger partial charge in [-0.3, -0.25) is 4.79 Å². The molecule has 4 heterocycles. The van der Waals surface area contributed by atoms with Gasteiger partial charge in [0.1, 0.15) is 12.1 Å². The van der Waals surface area contributed by atoms with E-state index in [4.69, 9.17) is 11.6 Å². The zero-order valence-electron chi connectivity index (χ0n) is 14.3. The van der Waals surface area contributed by atoms with Crippen LogP contribution in [0.4, 0.5) is 5.82 Å². The van der Waals surface area contributed by atoms with Crippen molar-refractivity contribution in [1.29, 1.82) is 0 Å². The lowest BCUT2D eigenvalue weighted by molar-refractivity contribution is -0.116. The van der Waals surface area contributed by atoms with Crippen LogP contribution >= 0.6 is 11.6 Å². The number of amides is 1. The topological polar surface area (TPSA) is 90.0 Å². The van der Waals surface area contributed by atoms with Crippen LogP contribution in [0, 0.1) is 6.92 Å². The highest BCUT2D eigenvalue weighted by Gasteiger charge is 2.32. The van der Waals surface area contributed by atoms with E-state index in [0.717, 1.165) is 16.8 Å². The van der Waals surface area contributed by atoms with Gasteiger partial charge in [-0.2, -0.15) is 14.3 Å². The molecule has 3 aromatic heterocycles. The zero-order valence-corrected chi connectivity index (χ0v) is 15.1. The van der Waals surface area contributed by atoms with Crippen molar-refractivity contribution in [3.05, 3.63) is 64.6 Å². The van der Waals surface area contributed by atoms with E-state index in [0.29, 0.717) is 28.7 Å². The summed E-state index contributed by atoms with van der Waals surface area (Å²) in [5, 5.41) is 20.5. The predicted octanol–water partition coefficient (Wildman–Crippen LogP) is 2.75. The van der Waals surface area contributed by atoms with E-state index in [1.165, 1.54) is 6.33 Å². The normalized spacial score (nSPS) is 16.4. The maximum Gasteiger partial charge on any atom is 0.226 e. The van der Waals surface area contributed by atoms with Crippen LogP contribution in [-0.2, 0) is 4.79 Å². The van der Waals surface area contributed by atoms with E-state index in [1.807, 2.05) is 31.2 Å². The van der Waals surface area contributed by atoms with Gasteiger partial charge in [-0.05, 0) is 36.8 Å². The van der Waals surface area contributed by atoms with Gasteiger partial charge < -0.3 is 5.32 Å². The number of nitrogens with zero attached hydrogens (tertiary/aromatic N) is 6. The Balaban J connectivity index is 1.67. The fourth-order valence-electron chi connectivity index (χ4n) is 3.52. The molecule has 0 spiro atoms. The van der Waals surface area contributed by atoms with E-state index in [9.17, 15) is 4.79 Å². The lowest BCUT2D eigenvalue weighted by Gasteiger charge is -2.24. The Kier molecular flexibility index (Phi) is 3.48. The third-order valence-electron chi connectivity index (χ3n) is 4.74. The van der Waals surface area contributed by atoms with Gasteiger partial charge in [-0.15, -0.1) is 15.3 Å². The molecule has 0 saturated carbocycles. The van der Waals surface area contributed by atoms with Crippen LogP contribution in [0.1, 0.15) is 29.2 Å². The number of rotatable bonds is 2. The summed E-state index contributed by atoms with van der Waals surface area (Å²) in [6, 6.07) is 11.2. The first-order valence-electron chi connectivity index (χ1n) is 8.42. The first-order chi connectivity index (χ1) is 13.1. The van der Waals surface area contributed by atoms with Crippen molar-refractivity contribution in [3.63, 3.8) is 0 Å². The molecule has 27 heavy (non-hydrogen) atoms. The maximum atomic E-state index is 12.4. The maximum absolute atomic E-state index is 12.4. The van der Waals surface area contributed by atoms with Crippen LogP contribution in [0.2, 0.25) is 5.02 Å². The zero-order chi connectivity index (χ0) is 18.5. The van der Waals surface area contributed by atoms with Gasteiger partial charge in [-0.1, -0.05) is 23.7 Å². The van der Waals surface area contributed by atoms with Crippen LogP contribution in [0.5, 0.6) is 0 Å². The number of nitrogens with one attached hydrogen (secondary N) is 1. The van der Waals surface area contributed by atoms with Crippen LogP contribution < -0.4 is 5.32 Å². The third kappa shape index (κ3) is 2.57. The van der Waals surface area contributed by atoms with E-state index < -0.39 is 0 Å². The SMILES string of the molecule is Cc1nn(-c2ccc3nncn3n2)c2c1[C@@H](c1ccc(Cl)cc1)CC(=O)N2. The number of fused-ring (bicyclic) bond motifs is 2. The molecular formula is C18H14ClN7O. The first kappa shape index (κ1) is 16.0. The molecule has 4 aromatic rings. The summed E-state index contributed by atoms with van der Waals surface area (Å²) in [6.07, 6.45) is 1.88. The molecule has 0 aliphatic carbocycles. The number of hydrogen-bond acceptors (Lipinski definition) is 5. The molecule has 5 rings (SSSR count). The standard InChI is InChI=1S/C18H14ClN7O/c1-10-17-13(11-2-4-12(19)5-3-11)8-16(27)21-18(17)26(23-10)15-7-6-14-22-20-9-25(14)24-15/h2-7,9,13H,8H2,1H3,(H,21,27)/t13-/m1/s1. The van der Waals surface area contributed by atoms with Gasteiger partial charge in [-0.25, -0.2) is 0 Å². The number of aromatic nitrogens is 6. The fourth-order valence-corrected chi connectivity index (χ4v) is 3.65. The quantitative estimate of drug-likeness (QED) is 0.578. The lowest BCUT2D eigenvalue weighted by atomic mass is 9.86. The summed E-state index contributed by atoms with van der Waals surface area (Å²) < 4.78 is 3.23. The minimum atomic E-state index is -0.0848. The average molecular weight is 380 g/mol.